The predicted molar refractivity (Wildman–Crippen MR) is 94.2 cm³/mol. The molecule has 1 aromatic heterocycles. The largest absolute Gasteiger partial charge is 0.297 e. The van der Waals surface area contributed by atoms with Crippen LogP contribution < -0.4 is 0 Å². The number of nitrogens with zero attached hydrogens (tertiary/aromatic N) is 3. The van der Waals surface area contributed by atoms with Crippen molar-refractivity contribution < 1.29 is 0 Å². The average molecular weight is 309 g/mol. The fourth-order valence-electron chi connectivity index (χ4n) is 3.40. The molecular weight excluding hydrogens is 282 g/mol. The van der Waals surface area contributed by atoms with Crippen LogP contribution in [0.1, 0.15) is 42.6 Å². The highest BCUT2D eigenvalue weighted by molar-refractivity contribution is 5.14. The number of hydrogen-bond donors (Lipinski definition) is 0. The molecule has 0 amide bonds. The van der Waals surface area contributed by atoms with Crippen molar-refractivity contribution in [2.24, 2.45) is 5.92 Å². The number of aryl methyl sites for hydroxylation is 2. The average Bonchev–Trinajstić information content (AvgIpc) is 2.59. The molecule has 1 aliphatic rings. The van der Waals surface area contributed by atoms with Crippen LogP contribution in [0.25, 0.3) is 0 Å². The topological polar surface area (TPSA) is 29.0 Å². The number of hydrogen-bond acceptors (Lipinski definition) is 3. The van der Waals surface area contributed by atoms with Crippen molar-refractivity contribution in [3.05, 3.63) is 59.7 Å². The van der Waals surface area contributed by atoms with E-state index in [9.17, 15) is 0 Å². The molecule has 1 fully saturated rings. The quantitative estimate of drug-likeness (QED) is 0.807. The van der Waals surface area contributed by atoms with Crippen LogP contribution in [-0.4, -0.2) is 28.0 Å². The maximum atomic E-state index is 4.47. The summed E-state index contributed by atoms with van der Waals surface area (Å²) in [6, 6.07) is 10.9. The predicted octanol–water partition coefficient (Wildman–Crippen LogP) is 4.02. The first-order chi connectivity index (χ1) is 11.3. The van der Waals surface area contributed by atoms with Crippen LogP contribution >= 0.6 is 0 Å². The summed E-state index contributed by atoms with van der Waals surface area (Å²) in [4.78, 5) is 11.3. The minimum atomic E-state index is 0.902. The lowest BCUT2D eigenvalue weighted by Gasteiger charge is -2.31. The zero-order valence-electron chi connectivity index (χ0n) is 14.1. The first-order valence-corrected chi connectivity index (χ1v) is 8.83. The van der Waals surface area contributed by atoms with Gasteiger partial charge in [0.25, 0.3) is 0 Å². The van der Waals surface area contributed by atoms with Gasteiger partial charge in [0.05, 0.1) is 11.4 Å². The second-order valence-corrected chi connectivity index (χ2v) is 6.75. The molecule has 23 heavy (non-hydrogen) atoms. The zero-order chi connectivity index (χ0) is 15.9. The number of piperidine rings is 1. The van der Waals surface area contributed by atoms with Gasteiger partial charge in [0.2, 0.25) is 0 Å². The number of benzene rings is 1. The van der Waals surface area contributed by atoms with E-state index in [0.717, 1.165) is 23.9 Å². The first-order valence-electron chi connectivity index (χ1n) is 8.83. The van der Waals surface area contributed by atoms with Crippen LogP contribution in [0.2, 0.25) is 0 Å². The SMILES string of the molecule is Cc1cnc(CN2CCC(CCCc3ccccc3)CC2)cn1. The van der Waals surface area contributed by atoms with Gasteiger partial charge in [-0.3, -0.25) is 14.9 Å². The molecule has 3 nitrogen and oxygen atoms in total. The zero-order valence-corrected chi connectivity index (χ0v) is 14.1. The maximum absolute atomic E-state index is 4.47. The third-order valence-electron chi connectivity index (χ3n) is 4.85. The molecule has 0 unspecified atom stereocenters. The van der Waals surface area contributed by atoms with Crippen LogP contribution in [0.5, 0.6) is 0 Å². The Morgan fingerprint density at radius 2 is 1.83 bits per heavy atom. The van der Waals surface area contributed by atoms with E-state index < -0.39 is 0 Å². The lowest BCUT2D eigenvalue weighted by Crippen LogP contribution is -2.33. The summed E-state index contributed by atoms with van der Waals surface area (Å²) < 4.78 is 0. The van der Waals surface area contributed by atoms with Gasteiger partial charge in [-0.25, -0.2) is 0 Å². The molecule has 3 rings (SSSR count). The summed E-state index contributed by atoms with van der Waals surface area (Å²) in [6.07, 6.45) is 10.3. The van der Waals surface area contributed by atoms with Crippen molar-refractivity contribution in [2.75, 3.05) is 13.1 Å². The Morgan fingerprint density at radius 3 is 2.52 bits per heavy atom. The molecular formula is C20H27N3. The van der Waals surface area contributed by atoms with Crippen LogP contribution in [0, 0.1) is 12.8 Å². The monoisotopic (exact) mass is 309 g/mol. The van der Waals surface area contributed by atoms with Crippen LogP contribution in [0.15, 0.2) is 42.7 Å². The molecule has 0 aliphatic carbocycles. The minimum Gasteiger partial charge on any atom is -0.297 e. The Balaban J connectivity index is 1.36. The van der Waals surface area contributed by atoms with Crippen molar-refractivity contribution in [1.82, 2.24) is 14.9 Å². The van der Waals surface area contributed by atoms with Gasteiger partial charge in [-0.05, 0) is 57.2 Å². The van der Waals surface area contributed by atoms with E-state index in [2.05, 4.69) is 45.2 Å². The Bertz CT molecular complexity index is 572. The Labute approximate surface area is 139 Å². The van der Waals surface area contributed by atoms with Gasteiger partial charge in [-0.2, -0.15) is 0 Å². The van der Waals surface area contributed by atoms with E-state index in [0.29, 0.717) is 0 Å². The maximum Gasteiger partial charge on any atom is 0.0727 e. The summed E-state index contributed by atoms with van der Waals surface area (Å²) in [5.41, 5.74) is 3.56. The third-order valence-corrected chi connectivity index (χ3v) is 4.85. The standard InChI is InChI=1S/C20H27N3/c1-17-14-22-20(15-21-17)16-23-12-10-19(11-13-23)9-5-8-18-6-3-2-4-7-18/h2-4,6-7,14-15,19H,5,8-13,16H2,1H3. The first kappa shape index (κ1) is 16.1. The normalized spacial score (nSPS) is 16.6. The van der Waals surface area contributed by atoms with Gasteiger partial charge >= 0.3 is 0 Å². The second kappa shape index (κ2) is 8.21. The lowest BCUT2D eigenvalue weighted by atomic mass is 9.90. The van der Waals surface area contributed by atoms with Crippen molar-refractivity contribution >= 4 is 0 Å². The van der Waals surface area contributed by atoms with Gasteiger partial charge in [-0.15, -0.1) is 0 Å². The van der Waals surface area contributed by atoms with E-state index in [1.807, 2.05) is 19.3 Å². The number of aromatic nitrogens is 2. The summed E-state index contributed by atoms with van der Waals surface area (Å²) in [5.74, 6) is 0.902. The van der Waals surface area contributed by atoms with Gasteiger partial charge in [0, 0.05) is 18.9 Å². The van der Waals surface area contributed by atoms with Gasteiger partial charge in [0.1, 0.15) is 0 Å². The smallest absolute Gasteiger partial charge is 0.0727 e. The fourth-order valence-corrected chi connectivity index (χ4v) is 3.40. The van der Waals surface area contributed by atoms with Gasteiger partial charge < -0.3 is 0 Å². The molecule has 1 saturated heterocycles. The van der Waals surface area contributed by atoms with E-state index in [4.69, 9.17) is 0 Å². The van der Waals surface area contributed by atoms with Crippen LogP contribution in [0.3, 0.4) is 0 Å². The van der Waals surface area contributed by atoms with Crippen molar-refractivity contribution in [3.8, 4) is 0 Å². The fraction of sp³-hybridized carbons (Fsp3) is 0.500. The molecule has 1 aromatic carbocycles. The second-order valence-electron chi connectivity index (χ2n) is 6.75. The molecule has 0 saturated carbocycles. The number of rotatable bonds is 6. The molecule has 0 N–H and O–H groups in total. The highest BCUT2D eigenvalue weighted by Crippen LogP contribution is 2.23. The van der Waals surface area contributed by atoms with E-state index in [1.165, 1.54) is 50.8 Å². The van der Waals surface area contributed by atoms with Gasteiger partial charge in [-0.1, -0.05) is 36.8 Å². The summed E-state index contributed by atoms with van der Waals surface area (Å²) >= 11 is 0. The van der Waals surface area contributed by atoms with Crippen molar-refractivity contribution in [2.45, 2.75) is 45.6 Å². The van der Waals surface area contributed by atoms with Crippen LogP contribution in [0.4, 0.5) is 0 Å². The lowest BCUT2D eigenvalue weighted by molar-refractivity contribution is 0.169. The minimum absolute atomic E-state index is 0.902. The molecule has 0 radical (unpaired) electrons. The Morgan fingerprint density at radius 1 is 1.04 bits per heavy atom. The molecule has 0 spiro atoms. The molecule has 1 aliphatic heterocycles. The summed E-state index contributed by atoms with van der Waals surface area (Å²) in [7, 11) is 0. The molecule has 2 heterocycles. The molecule has 0 bridgehead atoms. The van der Waals surface area contributed by atoms with E-state index >= 15 is 0 Å². The van der Waals surface area contributed by atoms with Crippen LogP contribution in [-0.2, 0) is 13.0 Å². The van der Waals surface area contributed by atoms with Gasteiger partial charge in [0.15, 0.2) is 0 Å². The Hall–Kier alpha value is -1.74. The van der Waals surface area contributed by atoms with Crippen molar-refractivity contribution in [3.63, 3.8) is 0 Å². The number of likely N-dealkylation sites (tertiary alicyclic amines) is 1. The highest BCUT2D eigenvalue weighted by Gasteiger charge is 2.19. The summed E-state index contributed by atoms with van der Waals surface area (Å²) in [6.45, 7) is 5.33. The molecule has 2 aromatic rings. The third kappa shape index (κ3) is 5.14. The molecule has 122 valence electrons. The highest BCUT2D eigenvalue weighted by atomic mass is 15.1. The van der Waals surface area contributed by atoms with Crippen molar-refractivity contribution in [1.29, 1.82) is 0 Å². The Kier molecular flexibility index (Phi) is 5.76. The van der Waals surface area contributed by atoms with E-state index in [-0.39, 0.29) is 0 Å². The van der Waals surface area contributed by atoms with E-state index in [1.54, 1.807) is 0 Å². The molecule has 3 heteroatoms. The molecule has 0 atom stereocenters. The summed E-state index contributed by atoms with van der Waals surface area (Å²) in [5, 5.41) is 0.